The van der Waals surface area contributed by atoms with E-state index in [9.17, 15) is 4.79 Å². The number of hydrogen-bond acceptors (Lipinski definition) is 4. The number of carbonyl (C=O) groups excluding carboxylic acids is 1. The average Bonchev–Trinajstić information content (AvgIpc) is 2.46. The van der Waals surface area contributed by atoms with Crippen molar-refractivity contribution in [2.45, 2.75) is 26.1 Å². The molecule has 0 aromatic heterocycles. The van der Waals surface area contributed by atoms with E-state index in [1.807, 2.05) is 0 Å². The molecule has 21 heavy (non-hydrogen) atoms. The first kappa shape index (κ1) is 18.4. The van der Waals surface area contributed by atoms with Crippen molar-refractivity contribution < 1.29 is 19.4 Å². The van der Waals surface area contributed by atoms with Gasteiger partial charge in [0.1, 0.15) is 5.75 Å². The quantitative estimate of drug-likeness (QED) is 0.629. The lowest BCUT2D eigenvalue weighted by Crippen LogP contribution is -2.37. The molecule has 2 N–H and O–H groups in total. The van der Waals surface area contributed by atoms with Crippen LogP contribution >= 0.6 is 31.9 Å². The molecule has 1 aromatic rings. The van der Waals surface area contributed by atoms with Crippen LogP contribution in [0.25, 0.3) is 0 Å². The summed E-state index contributed by atoms with van der Waals surface area (Å²) in [6.07, 6.45) is 0.133. The monoisotopic (exact) mass is 423 g/mol. The molecule has 0 radical (unpaired) electrons. The summed E-state index contributed by atoms with van der Waals surface area (Å²) in [5, 5.41) is 11.9. The van der Waals surface area contributed by atoms with Gasteiger partial charge in [0, 0.05) is 20.3 Å². The van der Waals surface area contributed by atoms with Crippen molar-refractivity contribution in [1.29, 1.82) is 0 Å². The largest absolute Gasteiger partial charge is 0.479 e. The second kappa shape index (κ2) is 9.40. The van der Waals surface area contributed by atoms with Crippen molar-refractivity contribution in [3.63, 3.8) is 0 Å². The van der Waals surface area contributed by atoms with Crippen LogP contribution in [0, 0.1) is 0 Å². The van der Waals surface area contributed by atoms with E-state index < -0.39 is 6.10 Å². The van der Waals surface area contributed by atoms with Gasteiger partial charge in [-0.3, -0.25) is 4.79 Å². The third-order valence-electron chi connectivity index (χ3n) is 2.73. The molecule has 7 heteroatoms. The number of methoxy groups -OCH3 is 1. The molecule has 0 fully saturated rings. The van der Waals surface area contributed by atoms with Gasteiger partial charge in [-0.15, -0.1) is 0 Å². The zero-order chi connectivity index (χ0) is 15.8. The van der Waals surface area contributed by atoms with E-state index in [0.717, 1.165) is 12.0 Å². The van der Waals surface area contributed by atoms with Crippen LogP contribution in [0.5, 0.6) is 5.75 Å². The number of halogens is 2. The van der Waals surface area contributed by atoms with E-state index in [4.69, 9.17) is 14.6 Å². The van der Waals surface area contributed by atoms with Crippen LogP contribution in [0.2, 0.25) is 0 Å². The highest BCUT2D eigenvalue weighted by Crippen LogP contribution is 2.35. The number of benzene rings is 1. The number of hydrogen-bond donors (Lipinski definition) is 2. The molecule has 1 unspecified atom stereocenters. The number of nitrogens with one attached hydrogen (secondary N) is 1. The summed E-state index contributed by atoms with van der Waals surface area (Å²) in [5.74, 6) is 0.350. The standard InChI is InChI=1S/C14H19Br2NO4/c1-9(14(19)17-4-3-5-20-2)21-13-11(15)6-10(8-18)7-12(13)16/h6-7,9,18H,3-5,8H2,1-2H3,(H,17,19). The molecule has 0 aliphatic rings. The van der Waals surface area contributed by atoms with Gasteiger partial charge in [0.2, 0.25) is 0 Å². The predicted molar refractivity (Wildman–Crippen MR) is 87.4 cm³/mol. The smallest absolute Gasteiger partial charge is 0.260 e. The maximum Gasteiger partial charge on any atom is 0.260 e. The van der Waals surface area contributed by atoms with Crippen molar-refractivity contribution in [1.82, 2.24) is 5.32 Å². The fraction of sp³-hybridized carbons (Fsp3) is 0.500. The fourth-order valence-corrected chi connectivity index (χ4v) is 3.09. The van der Waals surface area contributed by atoms with Crippen LogP contribution in [0.3, 0.4) is 0 Å². The third kappa shape index (κ3) is 5.94. The lowest BCUT2D eigenvalue weighted by atomic mass is 10.2. The Balaban J connectivity index is 2.62. The molecule has 1 rings (SSSR count). The maximum atomic E-state index is 11.9. The molecule has 0 saturated carbocycles. The Morgan fingerprint density at radius 1 is 1.38 bits per heavy atom. The Morgan fingerprint density at radius 3 is 2.52 bits per heavy atom. The van der Waals surface area contributed by atoms with Gasteiger partial charge in [0.25, 0.3) is 5.91 Å². The summed E-state index contributed by atoms with van der Waals surface area (Å²) in [6.45, 7) is 2.78. The molecule has 118 valence electrons. The molecule has 5 nitrogen and oxygen atoms in total. The zero-order valence-corrected chi connectivity index (χ0v) is 15.2. The van der Waals surface area contributed by atoms with Gasteiger partial charge in [-0.2, -0.15) is 0 Å². The summed E-state index contributed by atoms with van der Waals surface area (Å²) in [6, 6.07) is 3.51. The highest BCUT2D eigenvalue weighted by atomic mass is 79.9. The van der Waals surface area contributed by atoms with Crippen LogP contribution in [0.1, 0.15) is 18.9 Å². The predicted octanol–water partition coefficient (Wildman–Crippen LogP) is 2.62. The van der Waals surface area contributed by atoms with E-state index >= 15 is 0 Å². The van der Waals surface area contributed by atoms with Crippen molar-refractivity contribution in [2.75, 3.05) is 20.3 Å². The molecular formula is C14H19Br2NO4. The summed E-state index contributed by atoms with van der Waals surface area (Å²) < 4.78 is 12.0. The van der Waals surface area contributed by atoms with Gasteiger partial charge < -0.3 is 19.9 Å². The van der Waals surface area contributed by atoms with Gasteiger partial charge in [-0.25, -0.2) is 0 Å². The Morgan fingerprint density at radius 2 is 2.00 bits per heavy atom. The number of rotatable bonds is 8. The summed E-state index contributed by atoms with van der Waals surface area (Å²) in [4.78, 5) is 11.9. The molecule has 0 saturated heterocycles. The van der Waals surface area contributed by atoms with E-state index in [2.05, 4.69) is 37.2 Å². The van der Waals surface area contributed by atoms with Gasteiger partial charge in [0.05, 0.1) is 15.6 Å². The van der Waals surface area contributed by atoms with Crippen LogP contribution in [-0.4, -0.2) is 37.4 Å². The first-order valence-corrected chi connectivity index (χ1v) is 8.10. The molecule has 1 amide bonds. The molecular weight excluding hydrogens is 406 g/mol. The van der Waals surface area contributed by atoms with Gasteiger partial charge in [-0.1, -0.05) is 0 Å². The van der Waals surface area contributed by atoms with E-state index in [1.54, 1.807) is 26.2 Å². The normalized spacial score (nSPS) is 12.0. The third-order valence-corrected chi connectivity index (χ3v) is 3.91. The maximum absolute atomic E-state index is 11.9. The SMILES string of the molecule is COCCCNC(=O)C(C)Oc1c(Br)cc(CO)cc1Br. The van der Waals surface area contributed by atoms with Crippen LogP contribution < -0.4 is 10.1 Å². The van der Waals surface area contributed by atoms with Crippen LogP contribution in [-0.2, 0) is 16.1 Å². The summed E-state index contributed by atoms with van der Waals surface area (Å²) in [7, 11) is 1.62. The topological polar surface area (TPSA) is 67.8 Å². The van der Waals surface area contributed by atoms with Crippen molar-refractivity contribution in [2.24, 2.45) is 0 Å². The lowest BCUT2D eigenvalue weighted by molar-refractivity contribution is -0.127. The number of ether oxygens (including phenoxy) is 2. The summed E-state index contributed by atoms with van der Waals surface area (Å²) >= 11 is 6.75. The lowest BCUT2D eigenvalue weighted by Gasteiger charge is -2.17. The number of aliphatic hydroxyl groups is 1. The zero-order valence-electron chi connectivity index (χ0n) is 12.0. The highest BCUT2D eigenvalue weighted by Gasteiger charge is 2.18. The Labute approximate surface area is 141 Å². The molecule has 1 aromatic carbocycles. The number of carbonyl (C=O) groups is 1. The van der Waals surface area contributed by atoms with Gasteiger partial charge in [0.15, 0.2) is 6.10 Å². The van der Waals surface area contributed by atoms with Gasteiger partial charge in [-0.05, 0) is 62.9 Å². The average molecular weight is 425 g/mol. The van der Waals surface area contributed by atoms with Crippen molar-refractivity contribution >= 4 is 37.8 Å². The first-order valence-electron chi connectivity index (χ1n) is 6.51. The second-order valence-electron chi connectivity index (χ2n) is 4.44. The molecule has 0 aliphatic carbocycles. The van der Waals surface area contributed by atoms with E-state index in [-0.39, 0.29) is 12.5 Å². The number of aliphatic hydroxyl groups excluding tert-OH is 1. The molecule has 0 spiro atoms. The minimum Gasteiger partial charge on any atom is -0.479 e. The Bertz CT molecular complexity index is 459. The molecule has 1 atom stereocenters. The van der Waals surface area contributed by atoms with Crippen molar-refractivity contribution in [3.8, 4) is 5.75 Å². The van der Waals surface area contributed by atoms with E-state index in [1.165, 1.54) is 0 Å². The van der Waals surface area contributed by atoms with Crippen LogP contribution in [0.4, 0.5) is 0 Å². The molecule has 0 heterocycles. The fourth-order valence-electron chi connectivity index (χ4n) is 1.62. The number of amides is 1. The molecule has 0 bridgehead atoms. The van der Waals surface area contributed by atoms with E-state index in [0.29, 0.717) is 27.8 Å². The first-order chi connectivity index (χ1) is 9.99. The second-order valence-corrected chi connectivity index (χ2v) is 6.15. The minimum absolute atomic E-state index is 0.0625. The Kier molecular flexibility index (Phi) is 8.24. The van der Waals surface area contributed by atoms with Crippen molar-refractivity contribution in [3.05, 3.63) is 26.6 Å². The Hall–Kier alpha value is -0.630. The molecule has 0 aliphatic heterocycles. The minimum atomic E-state index is -0.625. The highest BCUT2D eigenvalue weighted by molar-refractivity contribution is 9.11. The van der Waals surface area contributed by atoms with Crippen LogP contribution in [0.15, 0.2) is 21.1 Å². The summed E-state index contributed by atoms with van der Waals surface area (Å²) in [5.41, 5.74) is 0.748. The van der Waals surface area contributed by atoms with Gasteiger partial charge >= 0.3 is 0 Å².